The molecule has 0 bridgehead atoms. The Labute approximate surface area is 167 Å². The van der Waals surface area contributed by atoms with Gasteiger partial charge in [0.2, 0.25) is 0 Å². The van der Waals surface area contributed by atoms with Gasteiger partial charge in [-0.15, -0.1) is 0 Å². The quantitative estimate of drug-likeness (QED) is 0.630. The molecule has 1 fully saturated rings. The van der Waals surface area contributed by atoms with Crippen molar-refractivity contribution in [3.63, 3.8) is 0 Å². The first kappa shape index (κ1) is 18.7. The Morgan fingerprint density at radius 2 is 2.04 bits per heavy atom. The number of hydrogen-bond acceptors (Lipinski definition) is 6. The van der Waals surface area contributed by atoms with Crippen LogP contribution in [0.15, 0.2) is 42.5 Å². The minimum atomic E-state index is -0.533. The number of nitrogens with zero attached hydrogens (tertiary/aromatic N) is 2. The van der Waals surface area contributed by atoms with Gasteiger partial charge in [-0.05, 0) is 49.6 Å². The Hall–Kier alpha value is -2.70. The van der Waals surface area contributed by atoms with E-state index in [0.29, 0.717) is 34.2 Å². The van der Waals surface area contributed by atoms with E-state index in [-0.39, 0.29) is 18.4 Å². The van der Waals surface area contributed by atoms with Crippen LogP contribution < -0.4 is 5.32 Å². The molecule has 1 N–H and O–H groups in total. The maximum atomic E-state index is 12.7. The van der Waals surface area contributed by atoms with E-state index in [4.69, 9.17) is 21.1 Å². The molecule has 0 spiro atoms. The SMILES string of the molecule is Cc1ccc(Nc2nc3ccccc3nc2C(=O)OC[C@@H]2CCCO2)cc1Cl. The first-order valence-corrected chi connectivity index (χ1v) is 9.56. The predicted molar refractivity (Wildman–Crippen MR) is 108 cm³/mol. The summed E-state index contributed by atoms with van der Waals surface area (Å²) < 4.78 is 11.0. The normalized spacial score (nSPS) is 16.3. The second-order valence-corrected chi connectivity index (χ2v) is 7.14. The Morgan fingerprint density at radius 3 is 2.75 bits per heavy atom. The number of carbonyl (C=O) groups is 1. The number of para-hydroxylation sites is 2. The van der Waals surface area contributed by atoms with Crippen molar-refractivity contribution in [2.45, 2.75) is 25.9 Å². The summed E-state index contributed by atoms with van der Waals surface area (Å²) in [6, 6.07) is 12.9. The molecule has 0 aliphatic carbocycles. The lowest BCUT2D eigenvalue weighted by molar-refractivity contribution is 0.0157. The van der Waals surface area contributed by atoms with E-state index in [1.165, 1.54) is 0 Å². The van der Waals surface area contributed by atoms with Gasteiger partial charge < -0.3 is 14.8 Å². The summed E-state index contributed by atoms with van der Waals surface area (Å²) in [7, 11) is 0. The topological polar surface area (TPSA) is 73.3 Å². The molecule has 0 unspecified atom stereocenters. The molecular formula is C21H20ClN3O3. The van der Waals surface area contributed by atoms with Gasteiger partial charge in [-0.25, -0.2) is 14.8 Å². The van der Waals surface area contributed by atoms with Crippen molar-refractivity contribution in [2.75, 3.05) is 18.5 Å². The number of esters is 1. The second kappa shape index (κ2) is 8.12. The second-order valence-electron chi connectivity index (χ2n) is 6.73. The van der Waals surface area contributed by atoms with Crippen LogP contribution in [0.1, 0.15) is 28.9 Å². The summed E-state index contributed by atoms with van der Waals surface area (Å²) in [6.07, 6.45) is 1.83. The van der Waals surface area contributed by atoms with Crippen molar-refractivity contribution in [3.8, 4) is 0 Å². The zero-order chi connectivity index (χ0) is 19.5. The number of fused-ring (bicyclic) bond motifs is 1. The Morgan fingerprint density at radius 1 is 1.25 bits per heavy atom. The largest absolute Gasteiger partial charge is 0.458 e. The number of nitrogens with one attached hydrogen (secondary N) is 1. The summed E-state index contributed by atoms with van der Waals surface area (Å²) in [5, 5.41) is 3.78. The van der Waals surface area contributed by atoms with Gasteiger partial charge in [0.1, 0.15) is 6.61 Å². The molecule has 1 aliphatic heterocycles. The van der Waals surface area contributed by atoms with Crippen LogP contribution in [0, 0.1) is 6.92 Å². The van der Waals surface area contributed by atoms with E-state index < -0.39 is 5.97 Å². The van der Waals surface area contributed by atoms with Crippen molar-refractivity contribution in [1.82, 2.24) is 9.97 Å². The Bertz CT molecular complexity index is 1020. The van der Waals surface area contributed by atoms with Crippen LogP contribution in [0.3, 0.4) is 0 Å². The molecule has 2 aromatic carbocycles. The fourth-order valence-electron chi connectivity index (χ4n) is 3.05. The Balaban J connectivity index is 1.65. The highest BCUT2D eigenvalue weighted by molar-refractivity contribution is 6.31. The molecule has 3 aromatic rings. The van der Waals surface area contributed by atoms with Crippen molar-refractivity contribution in [2.24, 2.45) is 0 Å². The van der Waals surface area contributed by atoms with E-state index in [9.17, 15) is 4.79 Å². The van der Waals surface area contributed by atoms with Crippen LogP contribution in [0.2, 0.25) is 5.02 Å². The molecule has 1 saturated heterocycles. The average molecular weight is 398 g/mol. The van der Waals surface area contributed by atoms with E-state index >= 15 is 0 Å². The molecule has 4 rings (SSSR count). The van der Waals surface area contributed by atoms with Crippen LogP contribution in [-0.2, 0) is 9.47 Å². The fourth-order valence-corrected chi connectivity index (χ4v) is 3.23. The molecule has 1 aromatic heterocycles. The van der Waals surface area contributed by atoms with Crippen LogP contribution in [0.5, 0.6) is 0 Å². The molecule has 1 aliphatic rings. The maximum absolute atomic E-state index is 12.7. The molecule has 2 heterocycles. The number of anilines is 2. The highest BCUT2D eigenvalue weighted by atomic mass is 35.5. The maximum Gasteiger partial charge on any atom is 0.360 e. The minimum absolute atomic E-state index is 0.0512. The average Bonchev–Trinajstić information content (AvgIpc) is 3.22. The number of hydrogen-bond donors (Lipinski definition) is 1. The van der Waals surface area contributed by atoms with Crippen LogP contribution >= 0.6 is 11.6 Å². The summed E-state index contributed by atoms with van der Waals surface area (Å²) in [5.41, 5.74) is 3.12. The highest BCUT2D eigenvalue weighted by Crippen LogP contribution is 2.25. The van der Waals surface area contributed by atoms with Gasteiger partial charge in [0.25, 0.3) is 0 Å². The minimum Gasteiger partial charge on any atom is -0.458 e. The van der Waals surface area contributed by atoms with E-state index in [2.05, 4.69) is 15.3 Å². The predicted octanol–water partition coefficient (Wildman–Crippen LogP) is 4.67. The van der Waals surface area contributed by atoms with Gasteiger partial charge in [0.05, 0.1) is 17.1 Å². The van der Waals surface area contributed by atoms with Gasteiger partial charge in [-0.1, -0.05) is 29.8 Å². The van der Waals surface area contributed by atoms with Gasteiger partial charge in [0.15, 0.2) is 11.5 Å². The first-order chi connectivity index (χ1) is 13.6. The number of halogens is 1. The van der Waals surface area contributed by atoms with Crippen LogP contribution in [0.25, 0.3) is 11.0 Å². The Kier molecular flexibility index (Phi) is 5.41. The van der Waals surface area contributed by atoms with E-state index in [1.54, 1.807) is 6.07 Å². The zero-order valence-corrected chi connectivity index (χ0v) is 16.2. The summed E-state index contributed by atoms with van der Waals surface area (Å²) in [4.78, 5) is 21.8. The number of carbonyl (C=O) groups excluding carboxylic acids is 1. The van der Waals surface area contributed by atoms with Crippen LogP contribution in [-0.4, -0.2) is 35.3 Å². The molecule has 6 nitrogen and oxygen atoms in total. The summed E-state index contributed by atoms with van der Waals surface area (Å²) in [5.74, 6) is -0.203. The monoisotopic (exact) mass is 397 g/mol. The van der Waals surface area contributed by atoms with Gasteiger partial charge >= 0.3 is 5.97 Å². The number of ether oxygens (including phenoxy) is 2. The molecular weight excluding hydrogens is 378 g/mol. The van der Waals surface area contributed by atoms with Crippen molar-refractivity contribution < 1.29 is 14.3 Å². The summed E-state index contributed by atoms with van der Waals surface area (Å²) >= 11 is 6.22. The third-order valence-corrected chi connectivity index (χ3v) is 5.03. The molecule has 0 radical (unpaired) electrons. The highest BCUT2D eigenvalue weighted by Gasteiger charge is 2.22. The van der Waals surface area contributed by atoms with Crippen LogP contribution in [0.4, 0.5) is 11.5 Å². The number of benzene rings is 2. The fraction of sp³-hybridized carbons (Fsp3) is 0.286. The molecule has 0 saturated carbocycles. The summed E-state index contributed by atoms with van der Waals surface area (Å²) in [6.45, 7) is 2.85. The third-order valence-electron chi connectivity index (χ3n) is 4.62. The third kappa shape index (κ3) is 4.08. The lowest BCUT2D eigenvalue weighted by Gasteiger charge is -2.14. The van der Waals surface area contributed by atoms with Gasteiger partial charge in [0, 0.05) is 17.3 Å². The standard InChI is InChI=1S/C21H20ClN3O3/c1-13-8-9-14(11-16(13)22)23-20-19(21(26)28-12-15-5-4-10-27-15)24-17-6-2-3-7-18(17)25-20/h2-3,6-9,11,15H,4-5,10,12H2,1H3,(H,23,25)/t15-/m0/s1. The molecule has 0 amide bonds. The first-order valence-electron chi connectivity index (χ1n) is 9.19. The van der Waals surface area contributed by atoms with E-state index in [0.717, 1.165) is 18.4 Å². The van der Waals surface area contributed by atoms with E-state index in [1.807, 2.05) is 43.3 Å². The smallest absolute Gasteiger partial charge is 0.360 e. The van der Waals surface area contributed by atoms with Gasteiger partial charge in [-0.3, -0.25) is 0 Å². The van der Waals surface area contributed by atoms with Crippen molar-refractivity contribution >= 4 is 40.1 Å². The number of aromatic nitrogens is 2. The molecule has 1 atom stereocenters. The zero-order valence-electron chi connectivity index (χ0n) is 15.4. The van der Waals surface area contributed by atoms with Gasteiger partial charge in [-0.2, -0.15) is 0 Å². The van der Waals surface area contributed by atoms with Crippen molar-refractivity contribution in [1.29, 1.82) is 0 Å². The lowest BCUT2D eigenvalue weighted by atomic mass is 10.2. The van der Waals surface area contributed by atoms with Crippen molar-refractivity contribution in [3.05, 3.63) is 58.7 Å². The number of aryl methyl sites for hydroxylation is 1. The number of rotatable bonds is 5. The molecule has 144 valence electrons. The molecule has 28 heavy (non-hydrogen) atoms. The molecule has 7 heteroatoms. The lowest BCUT2D eigenvalue weighted by Crippen LogP contribution is -2.19.